The van der Waals surface area contributed by atoms with Crippen molar-refractivity contribution in [3.8, 4) is 0 Å². The maximum atomic E-state index is 6.15. The fraction of sp³-hybridized carbons (Fsp3) is 0.400. The Morgan fingerprint density at radius 2 is 1.56 bits per heavy atom. The summed E-state index contributed by atoms with van der Waals surface area (Å²) in [5.74, 6) is 1.86. The van der Waals surface area contributed by atoms with Crippen LogP contribution in [0.15, 0.2) is 54.7 Å². The van der Waals surface area contributed by atoms with Gasteiger partial charge >= 0.3 is 0 Å². The van der Waals surface area contributed by atoms with E-state index in [2.05, 4.69) is 30.7 Å². The van der Waals surface area contributed by atoms with E-state index in [1.807, 2.05) is 48.5 Å². The van der Waals surface area contributed by atoms with Crippen LogP contribution >= 0.6 is 11.6 Å². The zero-order valence-electron chi connectivity index (χ0n) is 23.2. The highest BCUT2D eigenvalue weighted by atomic mass is 35.5. The quantitative estimate of drug-likeness (QED) is 0.205. The van der Waals surface area contributed by atoms with Gasteiger partial charge in [0.15, 0.2) is 0 Å². The lowest BCUT2D eigenvalue weighted by molar-refractivity contribution is 0.0378. The number of piperidine rings is 1. The van der Waals surface area contributed by atoms with Crippen molar-refractivity contribution >= 4 is 57.4 Å². The molecule has 4 aromatic rings. The van der Waals surface area contributed by atoms with Crippen molar-refractivity contribution in [2.45, 2.75) is 25.7 Å². The Kier molecular flexibility index (Phi) is 8.89. The number of fused-ring (bicyclic) bond motifs is 1. The van der Waals surface area contributed by atoms with Gasteiger partial charge in [0, 0.05) is 66.4 Å². The molecule has 2 aromatic heterocycles. The second-order valence-electron chi connectivity index (χ2n) is 10.4. The minimum absolute atomic E-state index is 0.536. The molecule has 2 aromatic carbocycles. The summed E-state index contributed by atoms with van der Waals surface area (Å²) in [4.78, 5) is 23.4. The van der Waals surface area contributed by atoms with Crippen LogP contribution < -0.4 is 20.9 Å². The number of nitrogens with one attached hydrogen (secondary N) is 3. The van der Waals surface area contributed by atoms with Gasteiger partial charge in [-0.15, -0.1) is 0 Å². The summed E-state index contributed by atoms with van der Waals surface area (Å²) in [5.41, 5.74) is 3.69. The van der Waals surface area contributed by atoms with Crippen LogP contribution in [0.3, 0.4) is 0 Å². The number of benzene rings is 2. The summed E-state index contributed by atoms with van der Waals surface area (Å²) in [6.45, 7) is 7.42. The van der Waals surface area contributed by atoms with E-state index in [0.29, 0.717) is 16.9 Å². The van der Waals surface area contributed by atoms with E-state index >= 15 is 0 Å². The summed E-state index contributed by atoms with van der Waals surface area (Å²) in [7, 11) is 0. The van der Waals surface area contributed by atoms with Gasteiger partial charge in [0.05, 0.1) is 18.7 Å². The van der Waals surface area contributed by atoms with Gasteiger partial charge in [-0.25, -0.2) is 0 Å². The third-order valence-electron chi connectivity index (χ3n) is 7.43. The number of ether oxygens (including phenoxy) is 1. The molecule has 0 aliphatic carbocycles. The van der Waals surface area contributed by atoms with Crippen molar-refractivity contribution in [1.82, 2.24) is 24.8 Å². The van der Waals surface area contributed by atoms with Gasteiger partial charge in [0.25, 0.3) is 0 Å². The smallest absolute Gasteiger partial charge is 0.233 e. The predicted octanol–water partition coefficient (Wildman–Crippen LogP) is 5.68. The first-order valence-electron chi connectivity index (χ1n) is 14.4. The molecule has 2 aliphatic heterocycles. The third-order valence-corrected chi connectivity index (χ3v) is 7.66. The van der Waals surface area contributed by atoms with E-state index in [1.54, 1.807) is 6.20 Å². The van der Waals surface area contributed by atoms with Crippen LogP contribution in [0, 0.1) is 0 Å². The monoisotopic (exact) mass is 573 g/mol. The van der Waals surface area contributed by atoms with Gasteiger partial charge in [0.2, 0.25) is 17.8 Å². The average molecular weight is 574 g/mol. The van der Waals surface area contributed by atoms with Crippen molar-refractivity contribution < 1.29 is 4.74 Å². The maximum absolute atomic E-state index is 6.15. The van der Waals surface area contributed by atoms with E-state index < -0.39 is 0 Å². The molecule has 2 saturated heterocycles. The molecule has 2 aliphatic rings. The topological polar surface area (TPSA) is 103 Å². The fourth-order valence-corrected chi connectivity index (χ4v) is 5.38. The summed E-state index contributed by atoms with van der Waals surface area (Å²) in [6.07, 6.45) is 6.37. The molecule has 2 fully saturated rings. The van der Waals surface area contributed by atoms with Gasteiger partial charge in [-0.1, -0.05) is 11.6 Å². The van der Waals surface area contributed by atoms with E-state index in [1.165, 1.54) is 6.42 Å². The number of rotatable bonds is 10. The Balaban J connectivity index is 1.13. The van der Waals surface area contributed by atoms with E-state index in [0.717, 1.165) is 106 Å². The van der Waals surface area contributed by atoms with Crippen LogP contribution in [0.4, 0.5) is 34.9 Å². The van der Waals surface area contributed by atoms with Crippen LogP contribution in [0.25, 0.3) is 10.9 Å². The number of halogens is 1. The van der Waals surface area contributed by atoms with Crippen molar-refractivity contribution in [2.24, 2.45) is 0 Å². The SMILES string of the molecule is Clc1ccc2c(Nc3ccc(Nc4nc(NCCCN5CCOCC5)nc(N5CCCCC5)n4)cc3)ccnc2c1. The molecule has 0 spiro atoms. The summed E-state index contributed by atoms with van der Waals surface area (Å²) >= 11 is 6.15. The highest BCUT2D eigenvalue weighted by molar-refractivity contribution is 6.31. The molecule has 6 rings (SSSR count). The molecular weight excluding hydrogens is 538 g/mol. The van der Waals surface area contributed by atoms with Crippen LogP contribution in [0.2, 0.25) is 5.02 Å². The first kappa shape index (κ1) is 27.4. The molecule has 41 heavy (non-hydrogen) atoms. The van der Waals surface area contributed by atoms with Crippen LogP contribution in [0.5, 0.6) is 0 Å². The molecule has 0 amide bonds. The predicted molar refractivity (Wildman–Crippen MR) is 166 cm³/mol. The molecule has 4 heterocycles. The van der Waals surface area contributed by atoms with Crippen molar-refractivity contribution in [2.75, 3.05) is 73.3 Å². The fourth-order valence-electron chi connectivity index (χ4n) is 5.21. The average Bonchev–Trinajstić information content (AvgIpc) is 3.01. The van der Waals surface area contributed by atoms with Crippen molar-refractivity contribution in [3.05, 3.63) is 59.8 Å². The molecule has 10 nitrogen and oxygen atoms in total. The summed E-state index contributed by atoms with van der Waals surface area (Å²) < 4.78 is 5.45. The molecule has 0 unspecified atom stereocenters. The lowest BCUT2D eigenvalue weighted by Crippen LogP contribution is -2.37. The number of morpholine rings is 1. The highest BCUT2D eigenvalue weighted by Crippen LogP contribution is 2.28. The number of nitrogens with zero attached hydrogens (tertiary/aromatic N) is 6. The highest BCUT2D eigenvalue weighted by Gasteiger charge is 2.17. The number of aromatic nitrogens is 4. The summed E-state index contributed by atoms with van der Waals surface area (Å²) in [5, 5.41) is 12.0. The maximum Gasteiger partial charge on any atom is 0.233 e. The van der Waals surface area contributed by atoms with Crippen molar-refractivity contribution in [3.63, 3.8) is 0 Å². The lowest BCUT2D eigenvalue weighted by Gasteiger charge is -2.27. The van der Waals surface area contributed by atoms with Gasteiger partial charge in [-0.3, -0.25) is 9.88 Å². The van der Waals surface area contributed by atoms with E-state index in [-0.39, 0.29) is 0 Å². The molecule has 214 valence electrons. The second-order valence-corrected chi connectivity index (χ2v) is 10.8. The largest absolute Gasteiger partial charge is 0.379 e. The molecule has 0 atom stereocenters. The Morgan fingerprint density at radius 3 is 2.37 bits per heavy atom. The number of hydrogen-bond acceptors (Lipinski definition) is 10. The van der Waals surface area contributed by atoms with Gasteiger partial charge in [-0.2, -0.15) is 15.0 Å². The van der Waals surface area contributed by atoms with Crippen LogP contribution in [0.1, 0.15) is 25.7 Å². The second kappa shape index (κ2) is 13.3. The first-order valence-corrected chi connectivity index (χ1v) is 14.8. The standard InChI is InChI=1S/C30H36ClN9O/c31-22-5-10-25-26(11-13-32-27(25)21-22)34-23-6-8-24(9-7-23)35-29-36-28(33-12-4-14-39-17-19-41-20-18-39)37-30(38-29)40-15-2-1-3-16-40/h5-11,13,21H,1-4,12,14-20H2,(H,32,34)(H2,33,35,36,37,38). The number of hydrogen-bond donors (Lipinski definition) is 3. The minimum atomic E-state index is 0.536. The first-order chi connectivity index (χ1) is 20.2. The molecule has 0 saturated carbocycles. The minimum Gasteiger partial charge on any atom is -0.379 e. The zero-order chi connectivity index (χ0) is 27.9. The molecular formula is C30H36ClN9O. The lowest BCUT2D eigenvalue weighted by atomic mass is 10.1. The van der Waals surface area contributed by atoms with Gasteiger partial charge in [-0.05, 0) is 80.8 Å². The number of anilines is 6. The molecule has 0 bridgehead atoms. The van der Waals surface area contributed by atoms with E-state index in [4.69, 9.17) is 31.3 Å². The molecule has 0 radical (unpaired) electrons. The number of pyridine rings is 1. The summed E-state index contributed by atoms with van der Waals surface area (Å²) in [6, 6.07) is 15.8. The van der Waals surface area contributed by atoms with Crippen LogP contribution in [-0.4, -0.2) is 77.3 Å². The Bertz CT molecular complexity index is 1440. The Morgan fingerprint density at radius 1 is 0.805 bits per heavy atom. The van der Waals surface area contributed by atoms with Gasteiger partial charge in [0.1, 0.15) is 0 Å². The molecule has 11 heteroatoms. The zero-order valence-corrected chi connectivity index (χ0v) is 23.9. The van der Waals surface area contributed by atoms with Crippen LogP contribution in [-0.2, 0) is 4.74 Å². The molecule has 3 N–H and O–H groups in total. The van der Waals surface area contributed by atoms with Crippen molar-refractivity contribution in [1.29, 1.82) is 0 Å². The normalized spacial score (nSPS) is 16.1. The Hall–Kier alpha value is -3.73. The van der Waals surface area contributed by atoms with Gasteiger partial charge < -0.3 is 25.6 Å². The Labute approximate surface area is 245 Å². The third kappa shape index (κ3) is 7.32. The van der Waals surface area contributed by atoms with E-state index in [9.17, 15) is 0 Å².